The molecule has 0 amide bonds. The zero-order chi connectivity index (χ0) is 8.27. The zero-order valence-corrected chi connectivity index (χ0v) is 6.96. The second-order valence-corrected chi connectivity index (χ2v) is 2.55. The van der Waals surface area contributed by atoms with Crippen LogP contribution >= 0.6 is 0 Å². The molecule has 0 saturated heterocycles. The predicted molar refractivity (Wildman–Crippen MR) is 41.5 cm³/mol. The van der Waals surface area contributed by atoms with E-state index in [1.54, 1.807) is 13.2 Å². The lowest BCUT2D eigenvalue weighted by Crippen LogP contribution is -1.98. The smallest absolute Gasteiger partial charge is 0.216 e. The minimum atomic E-state index is 0.321. The van der Waals surface area contributed by atoms with Gasteiger partial charge in [-0.15, -0.1) is 0 Å². The summed E-state index contributed by atoms with van der Waals surface area (Å²) in [6.45, 7) is 4.06. The first kappa shape index (κ1) is 7.98. The Morgan fingerprint density at radius 3 is 2.82 bits per heavy atom. The molecule has 0 atom stereocenters. The van der Waals surface area contributed by atoms with Gasteiger partial charge >= 0.3 is 0 Å². The fourth-order valence-electron chi connectivity index (χ4n) is 0.687. The maximum atomic E-state index is 4.92. The Morgan fingerprint density at radius 1 is 1.55 bits per heavy atom. The maximum absolute atomic E-state index is 4.92. The summed E-state index contributed by atoms with van der Waals surface area (Å²) >= 11 is 0. The lowest BCUT2D eigenvalue weighted by atomic mass is 10.2. The number of hydrogen-bond donors (Lipinski definition) is 0. The van der Waals surface area contributed by atoms with E-state index in [2.05, 4.69) is 16.2 Å². The van der Waals surface area contributed by atoms with Crippen LogP contribution in [0.2, 0.25) is 0 Å². The summed E-state index contributed by atoms with van der Waals surface area (Å²) in [5.74, 6) is 1.66. The Balaban J connectivity index is 2.91. The van der Waals surface area contributed by atoms with Gasteiger partial charge in [0.25, 0.3) is 0 Å². The van der Waals surface area contributed by atoms with Crippen LogP contribution in [-0.4, -0.2) is 17.1 Å². The van der Waals surface area contributed by atoms with Crippen LogP contribution in [0.4, 0.5) is 0 Å². The lowest BCUT2D eigenvalue weighted by Gasteiger charge is -2.03. The molecule has 1 aromatic rings. The highest BCUT2D eigenvalue weighted by Crippen LogP contribution is 2.11. The van der Waals surface area contributed by atoms with Gasteiger partial charge in [-0.2, -0.15) is 4.98 Å². The number of hydrogen-bond acceptors (Lipinski definition) is 3. The standard InChI is InChI=1S/C8H11N2O/c1-6(2)8-9-5-4-7(10-8)11-3/h4,6H,1-3H3. The van der Waals surface area contributed by atoms with Gasteiger partial charge < -0.3 is 4.74 Å². The van der Waals surface area contributed by atoms with Gasteiger partial charge in [0.15, 0.2) is 0 Å². The van der Waals surface area contributed by atoms with E-state index in [0.29, 0.717) is 11.8 Å². The van der Waals surface area contributed by atoms with E-state index in [1.807, 2.05) is 13.8 Å². The molecule has 0 aliphatic carbocycles. The van der Waals surface area contributed by atoms with E-state index < -0.39 is 0 Å². The van der Waals surface area contributed by atoms with Crippen molar-refractivity contribution in [1.29, 1.82) is 0 Å². The molecule has 0 aliphatic heterocycles. The highest BCUT2D eigenvalue weighted by molar-refractivity contribution is 5.08. The van der Waals surface area contributed by atoms with Crippen LogP contribution in [0.15, 0.2) is 6.07 Å². The summed E-state index contributed by atoms with van der Waals surface area (Å²) in [6, 6.07) is 1.62. The SMILES string of the molecule is COc1c[c]nc(C(C)C)n1. The Kier molecular flexibility index (Phi) is 2.41. The molecule has 0 N–H and O–H groups in total. The van der Waals surface area contributed by atoms with Gasteiger partial charge in [-0.05, 0) is 0 Å². The summed E-state index contributed by atoms with van der Waals surface area (Å²) in [4.78, 5) is 8.10. The van der Waals surface area contributed by atoms with Gasteiger partial charge in [-0.3, -0.25) is 0 Å². The van der Waals surface area contributed by atoms with Crippen LogP contribution in [0, 0.1) is 6.20 Å². The van der Waals surface area contributed by atoms with Gasteiger partial charge in [0.05, 0.1) is 13.3 Å². The number of methoxy groups -OCH3 is 1. The molecular weight excluding hydrogens is 140 g/mol. The Hall–Kier alpha value is -1.12. The van der Waals surface area contributed by atoms with E-state index >= 15 is 0 Å². The van der Waals surface area contributed by atoms with Crippen molar-refractivity contribution >= 4 is 0 Å². The number of nitrogens with zero attached hydrogens (tertiary/aromatic N) is 2. The topological polar surface area (TPSA) is 35.0 Å². The molecule has 0 saturated carbocycles. The molecule has 0 aliphatic rings. The summed E-state index contributed by atoms with van der Waals surface area (Å²) in [7, 11) is 1.58. The maximum Gasteiger partial charge on any atom is 0.216 e. The summed E-state index contributed by atoms with van der Waals surface area (Å²) in [5.41, 5.74) is 0. The minimum absolute atomic E-state index is 0.321. The normalized spacial score (nSPS) is 10.2. The third-order valence-corrected chi connectivity index (χ3v) is 1.32. The molecule has 1 radical (unpaired) electrons. The molecule has 3 nitrogen and oxygen atoms in total. The molecule has 0 unspecified atom stereocenters. The van der Waals surface area contributed by atoms with Crippen LogP contribution in [0.3, 0.4) is 0 Å². The van der Waals surface area contributed by atoms with E-state index in [-0.39, 0.29) is 0 Å². The highest BCUT2D eigenvalue weighted by atomic mass is 16.5. The molecule has 11 heavy (non-hydrogen) atoms. The van der Waals surface area contributed by atoms with Crippen molar-refractivity contribution in [2.75, 3.05) is 7.11 Å². The Labute approximate surface area is 66.4 Å². The number of rotatable bonds is 2. The van der Waals surface area contributed by atoms with Crippen molar-refractivity contribution in [1.82, 2.24) is 9.97 Å². The third kappa shape index (κ3) is 1.90. The van der Waals surface area contributed by atoms with Gasteiger partial charge in [0, 0.05) is 12.0 Å². The first-order valence-electron chi connectivity index (χ1n) is 3.53. The van der Waals surface area contributed by atoms with Crippen molar-refractivity contribution in [2.45, 2.75) is 19.8 Å². The van der Waals surface area contributed by atoms with Gasteiger partial charge in [0.2, 0.25) is 5.88 Å². The van der Waals surface area contributed by atoms with E-state index in [9.17, 15) is 0 Å². The molecular formula is C8H11N2O. The van der Waals surface area contributed by atoms with Crippen molar-refractivity contribution < 1.29 is 4.74 Å². The monoisotopic (exact) mass is 151 g/mol. The van der Waals surface area contributed by atoms with E-state index in [1.165, 1.54) is 0 Å². The fraction of sp³-hybridized carbons (Fsp3) is 0.500. The largest absolute Gasteiger partial charge is 0.481 e. The van der Waals surface area contributed by atoms with Gasteiger partial charge in [-0.1, -0.05) is 13.8 Å². The first-order chi connectivity index (χ1) is 5.24. The van der Waals surface area contributed by atoms with Gasteiger partial charge in [0.1, 0.15) is 5.82 Å². The Bertz CT molecular complexity index is 235. The highest BCUT2D eigenvalue weighted by Gasteiger charge is 2.02. The zero-order valence-electron chi connectivity index (χ0n) is 6.96. The molecule has 0 fully saturated rings. The third-order valence-electron chi connectivity index (χ3n) is 1.32. The van der Waals surface area contributed by atoms with Crippen molar-refractivity contribution in [3.63, 3.8) is 0 Å². The average molecular weight is 151 g/mol. The van der Waals surface area contributed by atoms with Crippen molar-refractivity contribution in [2.24, 2.45) is 0 Å². The fourth-order valence-corrected chi connectivity index (χ4v) is 0.687. The van der Waals surface area contributed by atoms with Crippen LogP contribution in [-0.2, 0) is 0 Å². The Morgan fingerprint density at radius 2 is 2.27 bits per heavy atom. The minimum Gasteiger partial charge on any atom is -0.481 e. The molecule has 59 valence electrons. The first-order valence-corrected chi connectivity index (χ1v) is 3.53. The van der Waals surface area contributed by atoms with Crippen LogP contribution in [0.1, 0.15) is 25.6 Å². The van der Waals surface area contributed by atoms with Crippen LogP contribution < -0.4 is 4.74 Å². The van der Waals surface area contributed by atoms with Gasteiger partial charge in [-0.25, -0.2) is 4.98 Å². The van der Waals surface area contributed by atoms with Crippen LogP contribution in [0.25, 0.3) is 0 Å². The molecule has 0 spiro atoms. The van der Waals surface area contributed by atoms with Crippen LogP contribution in [0.5, 0.6) is 5.88 Å². The molecule has 3 heteroatoms. The molecule has 1 aromatic heterocycles. The molecule has 1 rings (SSSR count). The predicted octanol–water partition coefficient (Wildman–Crippen LogP) is 1.41. The molecule has 0 bridgehead atoms. The van der Waals surface area contributed by atoms with E-state index in [0.717, 1.165) is 5.82 Å². The second kappa shape index (κ2) is 3.32. The summed E-state index contributed by atoms with van der Waals surface area (Å²) in [6.07, 6.45) is 2.72. The number of aromatic nitrogens is 2. The lowest BCUT2D eigenvalue weighted by molar-refractivity contribution is 0.393. The summed E-state index contributed by atoms with van der Waals surface area (Å²) < 4.78 is 4.92. The average Bonchev–Trinajstić information content (AvgIpc) is 2.05. The van der Waals surface area contributed by atoms with E-state index in [4.69, 9.17) is 4.74 Å². The molecule has 1 heterocycles. The molecule has 0 aromatic carbocycles. The number of ether oxygens (including phenoxy) is 1. The van der Waals surface area contributed by atoms with Crippen molar-refractivity contribution in [3.05, 3.63) is 18.1 Å². The summed E-state index contributed by atoms with van der Waals surface area (Å²) in [5, 5.41) is 0. The quantitative estimate of drug-likeness (QED) is 0.641. The second-order valence-electron chi connectivity index (χ2n) is 2.55. The van der Waals surface area contributed by atoms with Crippen molar-refractivity contribution in [3.8, 4) is 5.88 Å².